The highest BCUT2D eigenvalue weighted by atomic mass is 32.2. The highest BCUT2D eigenvalue weighted by Crippen LogP contribution is 2.20. The largest absolute Gasteiger partial charge is 0.339 e. The van der Waals surface area contributed by atoms with Crippen LogP contribution >= 0.6 is 0 Å². The van der Waals surface area contributed by atoms with Gasteiger partial charge >= 0.3 is 0 Å². The molecule has 0 saturated heterocycles. The Labute approximate surface area is 196 Å². The lowest BCUT2D eigenvalue weighted by Gasteiger charge is -2.19. The summed E-state index contributed by atoms with van der Waals surface area (Å²) < 4.78 is 53.5. The summed E-state index contributed by atoms with van der Waals surface area (Å²) >= 11 is 0. The summed E-state index contributed by atoms with van der Waals surface area (Å²) in [5, 5.41) is 2.71. The highest BCUT2D eigenvalue weighted by Gasteiger charge is 2.17. The maximum absolute atomic E-state index is 13.4. The van der Waals surface area contributed by atoms with Crippen molar-refractivity contribution in [2.24, 2.45) is 0 Å². The van der Waals surface area contributed by atoms with Crippen molar-refractivity contribution in [2.45, 2.75) is 18.7 Å². The van der Waals surface area contributed by atoms with Crippen molar-refractivity contribution in [1.29, 1.82) is 0 Å². The van der Waals surface area contributed by atoms with Crippen molar-refractivity contribution in [2.75, 3.05) is 23.1 Å². The van der Waals surface area contributed by atoms with Crippen LogP contribution in [0.25, 0.3) is 0 Å². The SMILES string of the molecule is CCN(CC)C(=O)c1cccc(NC(=O)c2ccc(NS(=O)(=O)c3ccc(F)c(F)c3)cc2)c1. The average Bonchev–Trinajstić information content (AvgIpc) is 2.82. The van der Waals surface area contributed by atoms with Gasteiger partial charge in [0.1, 0.15) is 0 Å². The molecular weight excluding hydrogens is 464 g/mol. The van der Waals surface area contributed by atoms with E-state index in [0.717, 1.165) is 12.1 Å². The summed E-state index contributed by atoms with van der Waals surface area (Å²) in [5.41, 5.74) is 1.26. The number of hydrogen-bond donors (Lipinski definition) is 2. The van der Waals surface area contributed by atoms with Crippen LogP contribution in [0.5, 0.6) is 0 Å². The lowest BCUT2D eigenvalue weighted by molar-refractivity contribution is 0.0772. The second-order valence-electron chi connectivity index (χ2n) is 7.27. The average molecular weight is 488 g/mol. The van der Waals surface area contributed by atoms with Crippen molar-refractivity contribution in [1.82, 2.24) is 4.90 Å². The fraction of sp³-hybridized carbons (Fsp3) is 0.167. The van der Waals surface area contributed by atoms with Gasteiger partial charge in [-0.1, -0.05) is 6.07 Å². The van der Waals surface area contributed by atoms with Gasteiger partial charge in [0, 0.05) is 35.6 Å². The molecule has 0 aromatic heterocycles. The van der Waals surface area contributed by atoms with Gasteiger partial charge in [-0.3, -0.25) is 14.3 Å². The number of rotatable bonds is 8. The van der Waals surface area contributed by atoms with Crippen molar-refractivity contribution >= 4 is 33.2 Å². The zero-order valence-electron chi connectivity index (χ0n) is 18.5. The fourth-order valence-electron chi connectivity index (χ4n) is 3.17. The van der Waals surface area contributed by atoms with Gasteiger partial charge in [0.15, 0.2) is 11.6 Å². The molecule has 0 aliphatic heterocycles. The Kier molecular flexibility index (Phi) is 7.62. The maximum atomic E-state index is 13.4. The Morgan fingerprint density at radius 2 is 1.50 bits per heavy atom. The Hall–Kier alpha value is -3.79. The normalized spacial score (nSPS) is 11.1. The van der Waals surface area contributed by atoms with Crippen LogP contribution in [0.1, 0.15) is 34.6 Å². The van der Waals surface area contributed by atoms with E-state index in [1.165, 1.54) is 24.3 Å². The van der Waals surface area contributed by atoms with E-state index in [2.05, 4.69) is 10.0 Å². The minimum Gasteiger partial charge on any atom is -0.339 e. The third-order valence-electron chi connectivity index (χ3n) is 5.02. The number of carbonyl (C=O) groups is 2. The van der Waals surface area contributed by atoms with Gasteiger partial charge in [-0.05, 0) is 74.5 Å². The van der Waals surface area contributed by atoms with Gasteiger partial charge in [0.2, 0.25) is 0 Å². The van der Waals surface area contributed by atoms with Gasteiger partial charge in [-0.25, -0.2) is 17.2 Å². The molecule has 0 saturated carbocycles. The molecule has 0 atom stereocenters. The quantitative estimate of drug-likeness (QED) is 0.489. The number of halogens is 2. The molecule has 10 heteroatoms. The summed E-state index contributed by atoms with van der Waals surface area (Å²) in [4.78, 5) is 26.4. The van der Waals surface area contributed by atoms with Crippen LogP contribution in [0, 0.1) is 11.6 Å². The molecular formula is C24H23F2N3O4S. The molecule has 0 heterocycles. The first-order valence-electron chi connectivity index (χ1n) is 10.4. The van der Waals surface area contributed by atoms with Crippen LogP contribution in [0.4, 0.5) is 20.2 Å². The third-order valence-corrected chi connectivity index (χ3v) is 6.40. The molecule has 0 bridgehead atoms. The van der Waals surface area contributed by atoms with Crippen LogP contribution in [0.3, 0.4) is 0 Å². The van der Waals surface area contributed by atoms with Crippen LogP contribution in [0.2, 0.25) is 0 Å². The summed E-state index contributed by atoms with van der Waals surface area (Å²) in [5.74, 6) is -3.03. The lowest BCUT2D eigenvalue weighted by Crippen LogP contribution is -2.30. The second kappa shape index (κ2) is 10.4. The smallest absolute Gasteiger partial charge is 0.261 e. The zero-order chi connectivity index (χ0) is 24.9. The number of benzene rings is 3. The summed E-state index contributed by atoms with van der Waals surface area (Å²) in [7, 11) is -4.15. The van der Waals surface area contributed by atoms with Crippen LogP contribution in [-0.2, 0) is 10.0 Å². The molecule has 3 aromatic carbocycles. The van der Waals surface area contributed by atoms with Crippen LogP contribution in [0.15, 0.2) is 71.6 Å². The van der Waals surface area contributed by atoms with Crippen molar-refractivity contribution in [3.8, 4) is 0 Å². The number of nitrogens with one attached hydrogen (secondary N) is 2. The molecule has 2 N–H and O–H groups in total. The minimum absolute atomic E-state index is 0.132. The maximum Gasteiger partial charge on any atom is 0.261 e. The van der Waals surface area contributed by atoms with E-state index >= 15 is 0 Å². The zero-order valence-corrected chi connectivity index (χ0v) is 19.3. The first kappa shape index (κ1) is 24.8. The molecule has 0 aliphatic rings. The summed E-state index contributed by atoms with van der Waals surface area (Å²) in [6.45, 7) is 4.90. The molecule has 3 aromatic rings. The fourth-order valence-corrected chi connectivity index (χ4v) is 4.24. The number of sulfonamides is 1. The van der Waals surface area contributed by atoms with Crippen LogP contribution in [-0.4, -0.2) is 38.2 Å². The first-order chi connectivity index (χ1) is 16.1. The number of carbonyl (C=O) groups excluding carboxylic acids is 2. The third kappa shape index (κ3) is 5.76. The monoisotopic (exact) mass is 487 g/mol. The second-order valence-corrected chi connectivity index (χ2v) is 8.95. The predicted molar refractivity (Wildman–Crippen MR) is 125 cm³/mol. The molecule has 178 valence electrons. The molecule has 7 nitrogen and oxygen atoms in total. The standard InChI is InChI=1S/C24H23F2N3O4S/c1-3-29(4-2)24(31)17-6-5-7-19(14-17)27-23(30)16-8-10-18(11-9-16)28-34(32,33)20-12-13-21(25)22(26)15-20/h5-15,28H,3-4H2,1-2H3,(H,27,30). The Balaban J connectivity index is 1.70. The molecule has 0 fully saturated rings. The summed E-state index contributed by atoms with van der Waals surface area (Å²) in [6.07, 6.45) is 0. The number of nitrogens with zero attached hydrogens (tertiary/aromatic N) is 1. The number of anilines is 2. The number of amides is 2. The molecule has 3 rings (SSSR count). The Morgan fingerprint density at radius 1 is 0.824 bits per heavy atom. The van der Waals surface area contributed by atoms with E-state index in [-0.39, 0.29) is 17.2 Å². The van der Waals surface area contributed by atoms with E-state index < -0.39 is 32.5 Å². The number of hydrogen-bond acceptors (Lipinski definition) is 4. The van der Waals surface area contributed by atoms with E-state index in [0.29, 0.717) is 30.4 Å². The summed E-state index contributed by atoms with van der Waals surface area (Å²) in [6, 6.07) is 14.4. The molecule has 0 radical (unpaired) electrons. The Morgan fingerprint density at radius 3 is 2.12 bits per heavy atom. The van der Waals surface area contributed by atoms with E-state index in [4.69, 9.17) is 0 Å². The first-order valence-corrected chi connectivity index (χ1v) is 11.9. The highest BCUT2D eigenvalue weighted by molar-refractivity contribution is 7.92. The minimum atomic E-state index is -4.15. The van der Waals surface area contributed by atoms with Gasteiger partial charge in [-0.15, -0.1) is 0 Å². The van der Waals surface area contributed by atoms with Gasteiger partial charge in [-0.2, -0.15) is 0 Å². The van der Waals surface area contributed by atoms with Crippen molar-refractivity contribution in [3.63, 3.8) is 0 Å². The van der Waals surface area contributed by atoms with Gasteiger partial charge < -0.3 is 10.2 Å². The van der Waals surface area contributed by atoms with E-state index in [1.54, 1.807) is 29.2 Å². The predicted octanol–water partition coefficient (Wildman–Crippen LogP) is 4.50. The lowest BCUT2D eigenvalue weighted by atomic mass is 10.1. The Bertz CT molecular complexity index is 1310. The molecule has 0 spiro atoms. The molecule has 34 heavy (non-hydrogen) atoms. The molecule has 2 amide bonds. The van der Waals surface area contributed by atoms with Gasteiger partial charge in [0.05, 0.1) is 4.90 Å². The van der Waals surface area contributed by atoms with E-state index in [9.17, 15) is 26.8 Å². The van der Waals surface area contributed by atoms with Gasteiger partial charge in [0.25, 0.3) is 21.8 Å². The topological polar surface area (TPSA) is 95.6 Å². The molecule has 0 unspecified atom stereocenters. The van der Waals surface area contributed by atoms with Crippen LogP contribution < -0.4 is 10.0 Å². The van der Waals surface area contributed by atoms with Crippen molar-refractivity contribution < 1.29 is 26.8 Å². The molecule has 0 aliphatic carbocycles. The van der Waals surface area contributed by atoms with Crippen molar-refractivity contribution in [3.05, 3.63) is 89.5 Å². The van der Waals surface area contributed by atoms with E-state index in [1.807, 2.05) is 13.8 Å².